The number of hydrogen-bond donors (Lipinski definition) is 1. The number of esters is 1. The Bertz CT molecular complexity index is 443. The van der Waals surface area contributed by atoms with Gasteiger partial charge in [0.05, 0.1) is 0 Å². The van der Waals surface area contributed by atoms with E-state index in [0.717, 1.165) is 19.3 Å². The molecule has 0 spiro atoms. The van der Waals surface area contributed by atoms with Gasteiger partial charge in [0.25, 0.3) is 11.1 Å². The van der Waals surface area contributed by atoms with E-state index in [2.05, 4.69) is 12.2 Å². The van der Waals surface area contributed by atoms with Crippen LogP contribution in [0.1, 0.15) is 39.5 Å². The van der Waals surface area contributed by atoms with Gasteiger partial charge in [-0.3, -0.25) is 14.4 Å². The molecule has 2 rings (SSSR count). The summed E-state index contributed by atoms with van der Waals surface area (Å²) in [5, 5.41) is 2.87. The van der Waals surface area contributed by atoms with Gasteiger partial charge in [-0.1, -0.05) is 31.5 Å². The molecule has 22 heavy (non-hydrogen) atoms. The van der Waals surface area contributed by atoms with Crippen LogP contribution >= 0.6 is 11.8 Å². The monoisotopic (exact) mass is 328 g/mol. The summed E-state index contributed by atoms with van der Waals surface area (Å²) in [6.45, 7) is 4.18. The third kappa shape index (κ3) is 4.63. The number of nitrogens with zero attached hydrogens (tertiary/aromatic N) is 1. The lowest BCUT2D eigenvalue weighted by Crippen LogP contribution is -2.46. The zero-order valence-corrected chi connectivity index (χ0v) is 14.0. The molecular weight excluding hydrogens is 304 g/mol. The first-order valence-electron chi connectivity index (χ1n) is 7.89. The van der Waals surface area contributed by atoms with Crippen LogP contribution in [-0.4, -0.2) is 53.0 Å². The van der Waals surface area contributed by atoms with E-state index in [0.29, 0.717) is 18.2 Å². The van der Waals surface area contributed by atoms with Crippen molar-refractivity contribution in [1.82, 2.24) is 10.2 Å². The summed E-state index contributed by atoms with van der Waals surface area (Å²) < 4.78 is 5.15. The summed E-state index contributed by atoms with van der Waals surface area (Å²) >= 11 is 1.20. The average Bonchev–Trinajstić information content (AvgIpc) is 2.86. The van der Waals surface area contributed by atoms with Gasteiger partial charge < -0.3 is 15.0 Å². The molecular formula is C15H24N2O4S. The van der Waals surface area contributed by atoms with Gasteiger partial charge in [-0.05, 0) is 25.7 Å². The predicted molar refractivity (Wildman–Crippen MR) is 84.5 cm³/mol. The number of amides is 2. The molecule has 1 aliphatic carbocycles. The molecule has 0 aromatic carbocycles. The van der Waals surface area contributed by atoms with Gasteiger partial charge >= 0.3 is 5.97 Å². The highest BCUT2D eigenvalue weighted by molar-refractivity contribution is 8.13. The third-order valence-corrected chi connectivity index (χ3v) is 5.17. The Hall–Kier alpha value is -1.24. The smallest absolute Gasteiger partial charge is 0.326 e. The highest BCUT2D eigenvalue weighted by atomic mass is 32.2. The van der Waals surface area contributed by atoms with Crippen LogP contribution in [0.4, 0.5) is 4.79 Å². The van der Waals surface area contributed by atoms with Crippen LogP contribution in [-0.2, 0) is 14.3 Å². The van der Waals surface area contributed by atoms with Crippen molar-refractivity contribution in [3.63, 3.8) is 0 Å². The normalized spacial score (nSPS) is 26.6. The number of rotatable bonds is 5. The minimum atomic E-state index is -0.827. The maximum atomic E-state index is 12.1. The molecule has 1 heterocycles. The molecule has 0 bridgehead atoms. The molecule has 1 N–H and O–H groups in total. The second-order valence-electron chi connectivity index (χ2n) is 6.04. The zero-order valence-electron chi connectivity index (χ0n) is 13.2. The molecule has 3 atom stereocenters. The van der Waals surface area contributed by atoms with Gasteiger partial charge in [-0.2, -0.15) is 0 Å². The van der Waals surface area contributed by atoms with Crippen molar-refractivity contribution in [3.05, 3.63) is 0 Å². The second kappa shape index (κ2) is 7.85. The van der Waals surface area contributed by atoms with Crippen molar-refractivity contribution in [2.45, 2.75) is 51.7 Å². The van der Waals surface area contributed by atoms with Crippen LogP contribution in [0.2, 0.25) is 0 Å². The van der Waals surface area contributed by atoms with Gasteiger partial charge in [-0.15, -0.1) is 0 Å². The van der Waals surface area contributed by atoms with Crippen molar-refractivity contribution in [2.75, 3.05) is 18.8 Å². The lowest BCUT2D eigenvalue weighted by Gasteiger charge is -2.30. The Balaban J connectivity index is 1.75. The molecule has 1 saturated heterocycles. The van der Waals surface area contributed by atoms with Crippen LogP contribution in [0, 0.1) is 5.92 Å². The Morgan fingerprint density at radius 1 is 1.41 bits per heavy atom. The Kier molecular flexibility index (Phi) is 6.11. The topological polar surface area (TPSA) is 75.7 Å². The van der Waals surface area contributed by atoms with E-state index in [1.807, 2.05) is 0 Å². The van der Waals surface area contributed by atoms with Crippen LogP contribution in [0.5, 0.6) is 0 Å². The van der Waals surface area contributed by atoms with Crippen LogP contribution < -0.4 is 5.32 Å². The standard InChI is InChI=1S/C15H24N2O4S/c1-10-5-3-4-6-12(10)16-14(19)11(2)21-13(18)9-17-7-8-22-15(17)20/h10-12H,3-9H2,1-2H3,(H,16,19)/t10-,11+,12+/m0/s1. The summed E-state index contributed by atoms with van der Waals surface area (Å²) in [5.41, 5.74) is 0. The lowest BCUT2D eigenvalue weighted by molar-refractivity contribution is -0.155. The van der Waals surface area contributed by atoms with E-state index >= 15 is 0 Å². The average molecular weight is 328 g/mol. The van der Waals surface area contributed by atoms with Gasteiger partial charge in [0.1, 0.15) is 6.54 Å². The number of nitrogens with one attached hydrogen (secondary N) is 1. The van der Waals surface area contributed by atoms with Gasteiger partial charge in [0, 0.05) is 18.3 Å². The van der Waals surface area contributed by atoms with Crippen molar-refractivity contribution in [1.29, 1.82) is 0 Å². The molecule has 0 aromatic heterocycles. The molecule has 7 heteroatoms. The molecule has 1 saturated carbocycles. The van der Waals surface area contributed by atoms with E-state index < -0.39 is 12.1 Å². The highest BCUT2D eigenvalue weighted by Gasteiger charge is 2.28. The predicted octanol–water partition coefficient (Wildman–Crippen LogP) is 1.78. The van der Waals surface area contributed by atoms with Gasteiger partial charge in [0.15, 0.2) is 6.10 Å². The highest BCUT2D eigenvalue weighted by Crippen LogP contribution is 2.23. The van der Waals surface area contributed by atoms with Crippen molar-refractivity contribution < 1.29 is 19.1 Å². The minimum absolute atomic E-state index is 0.0801. The van der Waals surface area contributed by atoms with Gasteiger partial charge in [0.2, 0.25) is 0 Å². The maximum absolute atomic E-state index is 12.1. The Morgan fingerprint density at radius 3 is 2.77 bits per heavy atom. The molecule has 6 nitrogen and oxygen atoms in total. The largest absolute Gasteiger partial charge is 0.451 e. The van der Waals surface area contributed by atoms with E-state index in [4.69, 9.17) is 4.74 Å². The van der Waals surface area contributed by atoms with Crippen molar-refractivity contribution in [2.24, 2.45) is 5.92 Å². The maximum Gasteiger partial charge on any atom is 0.326 e. The number of carbonyl (C=O) groups is 3. The molecule has 0 aromatic rings. The number of carbonyl (C=O) groups excluding carboxylic acids is 3. The van der Waals surface area contributed by atoms with E-state index in [1.54, 1.807) is 6.92 Å². The first-order chi connectivity index (χ1) is 10.5. The summed E-state index contributed by atoms with van der Waals surface area (Å²) in [6.07, 6.45) is 3.60. The molecule has 2 fully saturated rings. The molecule has 1 aliphatic heterocycles. The fourth-order valence-corrected chi connectivity index (χ4v) is 3.67. The summed E-state index contributed by atoms with van der Waals surface area (Å²) in [7, 11) is 0. The summed E-state index contributed by atoms with van der Waals surface area (Å²) in [6, 6.07) is 0.166. The molecule has 0 unspecified atom stereocenters. The number of thioether (sulfide) groups is 1. The van der Waals surface area contributed by atoms with Crippen LogP contribution in [0.15, 0.2) is 0 Å². The van der Waals surface area contributed by atoms with Gasteiger partial charge in [-0.25, -0.2) is 0 Å². The molecule has 124 valence electrons. The lowest BCUT2D eigenvalue weighted by atomic mass is 9.86. The SMILES string of the molecule is C[C@@H](OC(=O)CN1CCSC1=O)C(=O)N[C@@H]1CCCC[C@@H]1C. The number of ether oxygens (including phenoxy) is 1. The fourth-order valence-electron chi connectivity index (χ4n) is 2.84. The molecule has 2 aliphatic rings. The Labute approximate surface area is 135 Å². The quantitative estimate of drug-likeness (QED) is 0.779. The van der Waals surface area contributed by atoms with E-state index in [9.17, 15) is 14.4 Å². The third-order valence-electron chi connectivity index (χ3n) is 4.28. The number of hydrogen-bond acceptors (Lipinski definition) is 5. The van der Waals surface area contributed by atoms with E-state index in [1.165, 1.54) is 23.1 Å². The second-order valence-corrected chi connectivity index (χ2v) is 7.09. The van der Waals surface area contributed by atoms with E-state index in [-0.39, 0.29) is 23.7 Å². The van der Waals surface area contributed by atoms with Crippen LogP contribution in [0.3, 0.4) is 0 Å². The summed E-state index contributed by atoms with van der Waals surface area (Å²) in [5.74, 6) is 0.367. The first kappa shape index (κ1) is 17.1. The first-order valence-corrected chi connectivity index (χ1v) is 8.87. The van der Waals surface area contributed by atoms with Crippen molar-refractivity contribution >= 4 is 28.9 Å². The zero-order chi connectivity index (χ0) is 16.1. The summed E-state index contributed by atoms with van der Waals surface area (Å²) in [4.78, 5) is 36.8. The Morgan fingerprint density at radius 2 is 2.14 bits per heavy atom. The fraction of sp³-hybridized carbons (Fsp3) is 0.800. The molecule has 2 amide bonds. The minimum Gasteiger partial charge on any atom is -0.451 e. The molecule has 0 radical (unpaired) electrons. The van der Waals surface area contributed by atoms with Crippen LogP contribution in [0.25, 0.3) is 0 Å². The van der Waals surface area contributed by atoms with Crippen molar-refractivity contribution in [3.8, 4) is 0 Å².